The SMILES string of the molecule is NCCCCCC(=O)N1CCC[C@@]2(CCC(=O)N(Cc3ccccn3)C2)C1. The van der Waals surface area contributed by atoms with Crippen molar-refractivity contribution < 1.29 is 9.59 Å². The number of aromatic nitrogens is 1. The summed E-state index contributed by atoms with van der Waals surface area (Å²) in [5, 5.41) is 0. The van der Waals surface area contributed by atoms with Crippen LogP contribution in [-0.4, -0.2) is 52.8 Å². The van der Waals surface area contributed by atoms with Crippen LogP contribution in [0.25, 0.3) is 0 Å². The number of carbonyl (C=O) groups is 2. The first-order chi connectivity index (χ1) is 13.1. The molecule has 0 unspecified atom stereocenters. The minimum atomic E-state index is 0.0495. The largest absolute Gasteiger partial charge is 0.342 e. The molecule has 2 saturated heterocycles. The van der Waals surface area contributed by atoms with Crippen LogP contribution in [-0.2, 0) is 16.1 Å². The number of hydrogen-bond donors (Lipinski definition) is 1. The summed E-state index contributed by atoms with van der Waals surface area (Å²) in [7, 11) is 0. The molecular weight excluding hydrogens is 340 g/mol. The highest BCUT2D eigenvalue weighted by atomic mass is 16.2. The van der Waals surface area contributed by atoms with Crippen molar-refractivity contribution in [1.82, 2.24) is 14.8 Å². The number of nitrogens with two attached hydrogens (primary N) is 1. The Morgan fingerprint density at radius 1 is 1.19 bits per heavy atom. The molecule has 1 spiro atoms. The van der Waals surface area contributed by atoms with Crippen LogP contribution in [0.1, 0.15) is 57.1 Å². The Morgan fingerprint density at radius 3 is 2.85 bits per heavy atom. The number of hydrogen-bond acceptors (Lipinski definition) is 4. The molecule has 27 heavy (non-hydrogen) atoms. The van der Waals surface area contributed by atoms with Crippen LogP contribution in [0.15, 0.2) is 24.4 Å². The van der Waals surface area contributed by atoms with Gasteiger partial charge in [-0.1, -0.05) is 12.5 Å². The molecule has 2 N–H and O–H groups in total. The van der Waals surface area contributed by atoms with Crippen molar-refractivity contribution in [3.63, 3.8) is 0 Å². The molecule has 3 heterocycles. The highest BCUT2D eigenvalue weighted by Gasteiger charge is 2.42. The quantitative estimate of drug-likeness (QED) is 0.745. The molecule has 0 aliphatic carbocycles. The first kappa shape index (κ1) is 19.8. The molecule has 0 saturated carbocycles. The standard InChI is InChI=1S/C21H32N4O2/c22-12-4-1-2-8-19(26)24-14-6-10-21(16-24)11-9-20(27)25(17-21)15-18-7-3-5-13-23-18/h3,5,7,13H,1-2,4,6,8-12,14-17,22H2/t21-/m1/s1. The lowest BCUT2D eigenvalue weighted by molar-refractivity contribution is -0.143. The van der Waals surface area contributed by atoms with Crippen molar-refractivity contribution in [3.8, 4) is 0 Å². The van der Waals surface area contributed by atoms with Crippen LogP contribution >= 0.6 is 0 Å². The molecule has 3 rings (SSSR count). The van der Waals surface area contributed by atoms with E-state index in [1.807, 2.05) is 28.0 Å². The predicted molar refractivity (Wildman–Crippen MR) is 105 cm³/mol. The van der Waals surface area contributed by atoms with Crippen molar-refractivity contribution in [2.75, 3.05) is 26.2 Å². The average Bonchev–Trinajstić information content (AvgIpc) is 2.69. The number of carbonyl (C=O) groups excluding carboxylic acids is 2. The molecule has 2 amide bonds. The van der Waals surface area contributed by atoms with Gasteiger partial charge in [-0.2, -0.15) is 0 Å². The Balaban J connectivity index is 1.59. The number of pyridine rings is 1. The van der Waals surface area contributed by atoms with Crippen LogP contribution in [0, 0.1) is 5.41 Å². The Kier molecular flexibility index (Phi) is 6.83. The van der Waals surface area contributed by atoms with E-state index < -0.39 is 0 Å². The van der Waals surface area contributed by atoms with Crippen molar-refractivity contribution in [2.45, 2.75) is 57.9 Å². The average molecular weight is 373 g/mol. The fraction of sp³-hybridized carbons (Fsp3) is 0.667. The number of unbranched alkanes of at least 4 members (excludes halogenated alkanes) is 2. The smallest absolute Gasteiger partial charge is 0.222 e. The van der Waals surface area contributed by atoms with E-state index in [4.69, 9.17) is 5.73 Å². The third kappa shape index (κ3) is 5.28. The fourth-order valence-electron chi connectivity index (χ4n) is 4.44. The van der Waals surface area contributed by atoms with Crippen LogP contribution in [0.4, 0.5) is 0 Å². The van der Waals surface area contributed by atoms with E-state index in [9.17, 15) is 9.59 Å². The highest BCUT2D eigenvalue weighted by Crippen LogP contribution is 2.39. The fourth-order valence-corrected chi connectivity index (χ4v) is 4.44. The van der Waals surface area contributed by atoms with Crippen molar-refractivity contribution in [2.24, 2.45) is 11.1 Å². The molecule has 2 aliphatic heterocycles. The van der Waals surface area contributed by atoms with Gasteiger partial charge in [-0.15, -0.1) is 0 Å². The number of nitrogens with zero attached hydrogens (tertiary/aromatic N) is 3. The second-order valence-corrected chi connectivity index (χ2v) is 8.09. The van der Waals surface area contributed by atoms with Gasteiger partial charge < -0.3 is 15.5 Å². The summed E-state index contributed by atoms with van der Waals surface area (Å²) in [5.41, 5.74) is 6.50. The highest BCUT2D eigenvalue weighted by molar-refractivity contribution is 5.78. The van der Waals surface area contributed by atoms with Gasteiger partial charge in [0.05, 0.1) is 12.2 Å². The normalized spacial score (nSPS) is 23.1. The minimum absolute atomic E-state index is 0.0495. The zero-order valence-corrected chi connectivity index (χ0v) is 16.2. The lowest BCUT2D eigenvalue weighted by Gasteiger charge is -2.48. The van der Waals surface area contributed by atoms with Crippen molar-refractivity contribution >= 4 is 11.8 Å². The van der Waals surface area contributed by atoms with Crippen LogP contribution < -0.4 is 5.73 Å². The molecule has 1 aromatic rings. The van der Waals surface area contributed by atoms with E-state index in [1.165, 1.54) is 0 Å². The summed E-state index contributed by atoms with van der Waals surface area (Å²) < 4.78 is 0. The van der Waals surface area contributed by atoms with E-state index in [0.717, 1.165) is 63.9 Å². The topological polar surface area (TPSA) is 79.5 Å². The maximum atomic E-state index is 12.6. The van der Waals surface area contributed by atoms with Gasteiger partial charge in [0.25, 0.3) is 0 Å². The zero-order valence-electron chi connectivity index (χ0n) is 16.2. The Bertz CT molecular complexity index is 636. The second-order valence-electron chi connectivity index (χ2n) is 8.09. The summed E-state index contributed by atoms with van der Waals surface area (Å²) in [4.78, 5) is 33.4. The minimum Gasteiger partial charge on any atom is -0.342 e. The molecule has 1 aromatic heterocycles. The Labute approximate surface area is 162 Å². The first-order valence-corrected chi connectivity index (χ1v) is 10.3. The zero-order chi connectivity index (χ0) is 19.1. The predicted octanol–water partition coefficient (Wildman–Crippen LogP) is 2.33. The molecule has 0 aromatic carbocycles. The Morgan fingerprint density at radius 2 is 2.07 bits per heavy atom. The van der Waals surface area contributed by atoms with Gasteiger partial charge in [0.1, 0.15) is 0 Å². The second kappa shape index (κ2) is 9.31. The molecule has 148 valence electrons. The number of rotatable bonds is 7. The van der Waals surface area contributed by atoms with Crippen LogP contribution in [0.2, 0.25) is 0 Å². The maximum absolute atomic E-state index is 12.6. The van der Waals surface area contributed by atoms with Gasteiger partial charge in [0.15, 0.2) is 0 Å². The molecular formula is C21H32N4O2. The molecule has 0 radical (unpaired) electrons. The van der Waals surface area contributed by atoms with Gasteiger partial charge in [-0.05, 0) is 50.8 Å². The third-order valence-electron chi connectivity index (χ3n) is 5.94. The molecule has 6 nitrogen and oxygen atoms in total. The lowest BCUT2D eigenvalue weighted by atomic mass is 9.73. The molecule has 2 aliphatic rings. The van der Waals surface area contributed by atoms with Gasteiger partial charge in [0.2, 0.25) is 11.8 Å². The van der Waals surface area contributed by atoms with Crippen LogP contribution in [0.3, 0.4) is 0 Å². The maximum Gasteiger partial charge on any atom is 0.222 e. The van der Waals surface area contributed by atoms with Crippen LogP contribution in [0.5, 0.6) is 0 Å². The number of piperidine rings is 2. The lowest BCUT2D eigenvalue weighted by Crippen LogP contribution is -2.54. The van der Waals surface area contributed by atoms with E-state index >= 15 is 0 Å². The molecule has 0 bridgehead atoms. The van der Waals surface area contributed by atoms with Crippen molar-refractivity contribution in [3.05, 3.63) is 30.1 Å². The monoisotopic (exact) mass is 372 g/mol. The third-order valence-corrected chi connectivity index (χ3v) is 5.94. The van der Waals surface area contributed by atoms with E-state index in [1.54, 1.807) is 6.20 Å². The van der Waals surface area contributed by atoms with E-state index in [2.05, 4.69) is 4.98 Å². The van der Waals surface area contributed by atoms with E-state index in [0.29, 0.717) is 25.9 Å². The molecule has 2 fully saturated rings. The summed E-state index contributed by atoms with van der Waals surface area (Å²) in [6, 6.07) is 5.81. The van der Waals surface area contributed by atoms with Gasteiger partial charge >= 0.3 is 0 Å². The van der Waals surface area contributed by atoms with Crippen molar-refractivity contribution in [1.29, 1.82) is 0 Å². The molecule has 6 heteroatoms. The summed E-state index contributed by atoms with van der Waals surface area (Å²) in [6.45, 7) is 3.63. The number of likely N-dealkylation sites (tertiary alicyclic amines) is 2. The summed E-state index contributed by atoms with van der Waals surface area (Å²) in [5.74, 6) is 0.468. The van der Waals surface area contributed by atoms with Gasteiger partial charge in [-0.3, -0.25) is 14.6 Å². The summed E-state index contributed by atoms with van der Waals surface area (Å²) >= 11 is 0. The van der Waals surface area contributed by atoms with Gasteiger partial charge in [0, 0.05) is 44.1 Å². The molecule has 1 atom stereocenters. The Hall–Kier alpha value is -1.95. The van der Waals surface area contributed by atoms with E-state index in [-0.39, 0.29) is 17.2 Å². The van der Waals surface area contributed by atoms with Gasteiger partial charge in [-0.25, -0.2) is 0 Å². The summed E-state index contributed by atoms with van der Waals surface area (Å²) in [6.07, 6.45) is 8.90. The number of amides is 2. The first-order valence-electron chi connectivity index (χ1n) is 10.3.